The molecule has 0 amide bonds. The molecule has 2 heterocycles. The van der Waals surface area contributed by atoms with Gasteiger partial charge in [0.1, 0.15) is 31.5 Å². The van der Waals surface area contributed by atoms with Gasteiger partial charge in [0.2, 0.25) is 0 Å². The molecule has 0 aromatic carbocycles. The van der Waals surface area contributed by atoms with Gasteiger partial charge in [-0.1, -0.05) is 0 Å². The molecule has 18 heteroatoms. The van der Waals surface area contributed by atoms with Crippen LogP contribution in [0.15, 0.2) is 0 Å². The van der Waals surface area contributed by atoms with Crippen LogP contribution < -0.4 is 0 Å². The van der Waals surface area contributed by atoms with Crippen molar-refractivity contribution in [3.05, 3.63) is 0 Å². The van der Waals surface area contributed by atoms with E-state index in [0.717, 1.165) is 48.5 Å². The molecule has 248 valence electrons. The maximum atomic E-state index is 12.2. The van der Waals surface area contributed by atoms with Crippen LogP contribution in [0.3, 0.4) is 0 Å². The Bertz CT molecular complexity index is 1090. The molecule has 44 heavy (non-hydrogen) atoms. The van der Waals surface area contributed by atoms with Crippen molar-refractivity contribution in [3.63, 3.8) is 0 Å². The van der Waals surface area contributed by atoms with E-state index in [-0.39, 0.29) is 0 Å². The lowest BCUT2D eigenvalue weighted by atomic mass is 9.96. The van der Waals surface area contributed by atoms with E-state index in [0.29, 0.717) is 0 Å². The highest BCUT2D eigenvalue weighted by atomic mass is 16.8. The van der Waals surface area contributed by atoms with E-state index < -0.39 is 116 Å². The van der Waals surface area contributed by atoms with Crippen LogP contribution in [0.2, 0.25) is 0 Å². The molecule has 0 aromatic heterocycles. The number of hydrogen-bond acceptors (Lipinski definition) is 18. The lowest BCUT2D eigenvalue weighted by molar-refractivity contribution is -0.357. The van der Waals surface area contributed by atoms with Crippen LogP contribution in [0.4, 0.5) is 0 Å². The van der Waals surface area contributed by atoms with E-state index in [1.165, 1.54) is 0 Å². The number of aliphatic hydroxyl groups is 1. The topological polar surface area (TPSA) is 232 Å². The van der Waals surface area contributed by atoms with Gasteiger partial charge < -0.3 is 52.5 Å². The van der Waals surface area contributed by atoms with Crippen molar-refractivity contribution >= 4 is 41.8 Å². The molecule has 0 radical (unpaired) electrons. The summed E-state index contributed by atoms with van der Waals surface area (Å²) in [4.78, 5) is 83.5. The zero-order valence-corrected chi connectivity index (χ0v) is 25.1. The molecule has 2 aliphatic heterocycles. The quantitative estimate of drug-likeness (QED) is 0.203. The molecule has 0 spiro atoms. The van der Waals surface area contributed by atoms with E-state index in [2.05, 4.69) is 0 Å². The van der Waals surface area contributed by atoms with Gasteiger partial charge in [-0.15, -0.1) is 0 Å². The lowest BCUT2D eigenvalue weighted by Crippen LogP contribution is -2.67. The van der Waals surface area contributed by atoms with Crippen molar-refractivity contribution in [2.45, 2.75) is 110 Å². The zero-order chi connectivity index (χ0) is 33.3. The van der Waals surface area contributed by atoms with Crippen LogP contribution in [-0.2, 0) is 80.9 Å². The summed E-state index contributed by atoms with van der Waals surface area (Å²) in [5.41, 5.74) is 0. The second kappa shape index (κ2) is 16.3. The Morgan fingerprint density at radius 1 is 0.477 bits per heavy atom. The number of esters is 7. The molecule has 0 bridgehead atoms. The van der Waals surface area contributed by atoms with Gasteiger partial charge in [-0.2, -0.15) is 0 Å². The Hall–Kier alpha value is -3.87. The molecular weight excluding hydrogens is 600 g/mol. The summed E-state index contributed by atoms with van der Waals surface area (Å²) in [5.74, 6) is -6.03. The number of carbonyl (C=O) groups is 7. The van der Waals surface area contributed by atoms with Gasteiger partial charge in [0.25, 0.3) is 0 Å². The monoisotopic (exact) mass is 636 g/mol. The fourth-order valence-electron chi connectivity index (χ4n) is 4.49. The van der Waals surface area contributed by atoms with Crippen LogP contribution in [0.1, 0.15) is 48.5 Å². The van der Waals surface area contributed by atoms with E-state index in [1.54, 1.807) is 0 Å². The van der Waals surface area contributed by atoms with Gasteiger partial charge in [-0.3, -0.25) is 33.6 Å². The Kier molecular flexibility index (Phi) is 13.4. The number of aliphatic hydroxyl groups excluding tert-OH is 1. The van der Waals surface area contributed by atoms with Crippen LogP contribution in [0, 0.1) is 0 Å². The number of rotatable bonds is 11. The molecule has 0 aliphatic carbocycles. The molecule has 2 unspecified atom stereocenters. The first-order valence-corrected chi connectivity index (χ1v) is 13.3. The predicted molar refractivity (Wildman–Crippen MR) is 135 cm³/mol. The second-order valence-electron chi connectivity index (χ2n) is 9.68. The SMILES string of the molecule is CC(=O)OCC1O[C@@H](O)[C@@H](OC(C)=O)[C@@H](OC(C)=O)[C@@H]1O[C@@H]1OC(COC(C)=O)[C@H](OC(C)=O)[C@H](OC(C)=O)[C@@H]1OC(C)=O. The smallest absolute Gasteiger partial charge is 0.303 e. The van der Waals surface area contributed by atoms with E-state index in [1.807, 2.05) is 0 Å². The maximum Gasteiger partial charge on any atom is 0.303 e. The summed E-state index contributed by atoms with van der Waals surface area (Å²) in [6.45, 7) is 6.11. The molecule has 10 atom stereocenters. The van der Waals surface area contributed by atoms with E-state index in [9.17, 15) is 38.7 Å². The molecule has 2 saturated heterocycles. The number of hydrogen-bond donors (Lipinski definition) is 1. The van der Waals surface area contributed by atoms with Crippen molar-refractivity contribution in [3.8, 4) is 0 Å². The van der Waals surface area contributed by atoms with Gasteiger partial charge in [0.15, 0.2) is 43.1 Å². The summed E-state index contributed by atoms with van der Waals surface area (Å²) in [6.07, 6.45) is -16.3. The summed E-state index contributed by atoms with van der Waals surface area (Å²) in [6, 6.07) is 0. The first-order chi connectivity index (χ1) is 20.5. The maximum absolute atomic E-state index is 12.2. The lowest BCUT2D eigenvalue weighted by Gasteiger charge is -2.48. The Labute approximate surface area is 251 Å². The van der Waals surface area contributed by atoms with Gasteiger partial charge in [-0.05, 0) is 0 Å². The predicted octanol–water partition coefficient (Wildman–Crippen LogP) is -1.40. The average Bonchev–Trinajstić information content (AvgIpc) is 2.87. The third kappa shape index (κ3) is 10.7. The van der Waals surface area contributed by atoms with Crippen LogP contribution in [-0.4, -0.2) is 122 Å². The molecule has 0 aromatic rings. The fourth-order valence-corrected chi connectivity index (χ4v) is 4.49. The third-order valence-corrected chi connectivity index (χ3v) is 5.90. The largest absolute Gasteiger partial charge is 0.463 e. The zero-order valence-electron chi connectivity index (χ0n) is 25.1. The van der Waals surface area contributed by atoms with Crippen LogP contribution >= 0.6 is 0 Å². The van der Waals surface area contributed by atoms with Crippen molar-refractivity contribution in [2.75, 3.05) is 13.2 Å². The van der Waals surface area contributed by atoms with Gasteiger partial charge in [-0.25, -0.2) is 0 Å². The molecular formula is C26H36O18. The molecule has 1 N–H and O–H groups in total. The molecule has 2 aliphatic rings. The minimum absolute atomic E-state index is 0.572. The highest BCUT2D eigenvalue weighted by molar-refractivity contribution is 5.69. The Balaban J connectivity index is 2.66. The normalized spacial score (nSPS) is 31.5. The average molecular weight is 637 g/mol. The minimum Gasteiger partial charge on any atom is -0.463 e. The third-order valence-electron chi connectivity index (χ3n) is 5.90. The van der Waals surface area contributed by atoms with Gasteiger partial charge in [0, 0.05) is 48.5 Å². The van der Waals surface area contributed by atoms with Crippen molar-refractivity contribution in [1.29, 1.82) is 0 Å². The number of ether oxygens (including phenoxy) is 10. The molecule has 18 nitrogen and oxygen atoms in total. The van der Waals surface area contributed by atoms with Crippen molar-refractivity contribution in [2.24, 2.45) is 0 Å². The van der Waals surface area contributed by atoms with E-state index >= 15 is 0 Å². The summed E-state index contributed by atoms with van der Waals surface area (Å²) in [5, 5.41) is 10.6. The highest BCUT2D eigenvalue weighted by Crippen LogP contribution is 2.34. The van der Waals surface area contributed by atoms with Gasteiger partial charge >= 0.3 is 41.8 Å². The van der Waals surface area contributed by atoms with Crippen LogP contribution in [0.25, 0.3) is 0 Å². The summed E-state index contributed by atoms with van der Waals surface area (Å²) < 4.78 is 54.1. The standard InChI is InChI=1S/C26H36O18/c1-10(27)35-8-17-20(21(38-13(4)30)23(25(34)42-17)40-15(6)32)44-26-24(41-16(7)33)22(39-14(5)31)19(37-12(3)29)18(43-26)9-36-11(2)28/h17-26,34H,8-9H2,1-7H3/t17?,18?,19-,20+,21-,22-,23-,24-,25+,26-/m0/s1. The summed E-state index contributed by atoms with van der Waals surface area (Å²) in [7, 11) is 0. The van der Waals surface area contributed by atoms with Crippen molar-refractivity contribution < 1.29 is 86.0 Å². The molecule has 2 fully saturated rings. The van der Waals surface area contributed by atoms with Crippen LogP contribution in [0.5, 0.6) is 0 Å². The minimum atomic E-state index is -1.90. The summed E-state index contributed by atoms with van der Waals surface area (Å²) >= 11 is 0. The second-order valence-corrected chi connectivity index (χ2v) is 9.68. The molecule has 2 rings (SSSR count). The first kappa shape index (κ1) is 36.3. The first-order valence-electron chi connectivity index (χ1n) is 13.3. The number of carbonyl (C=O) groups excluding carboxylic acids is 7. The highest BCUT2D eigenvalue weighted by Gasteiger charge is 2.57. The van der Waals surface area contributed by atoms with Crippen molar-refractivity contribution in [1.82, 2.24) is 0 Å². The van der Waals surface area contributed by atoms with E-state index in [4.69, 9.17) is 47.4 Å². The fraction of sp³-hybridized carbons (Fsp3) is 0.731. The Morgan fingerprint density at radius 2 is 0.841 bits per heavy atom. The molecule has 0 saturated carbocycles. The Morgan fingerprint density at radius 3 is 1.27 bits per heavy atom. The van der Waals surface area contributed by atoms with Gasteiger partial charge in [0.05, 0.1) is 0 Å².